The number of aliphatic hydroxyl groups excluding tert-OH is 1. The predicted molar refractivity (Wildman–Crippen MR) is 103 cm³/mol. The lowest BCUT2D eigenvalue weighted by molar-refractivity contribution is 0.0525. The van der Waals surface area contributed by atoms with Crippen molar-refractivity contribution in [2.24, 2.45) is 0 Å². The molecule has 7 heteroatoms. The highest BCUT2D eigenvalue weighted by atomic mass is 16.5. The molecule has 0 aliphatic carbocycles. The average Bonchev–Trinajstić information content (AvgIpc) is 2.72. The van der Waals surface area contributed by atoms with Gasteiger partial charge in [-0.15, -0.1) is 0 Å². The first kappa shape index (κ1) is 19.8. The number of pyridine rings is 1. The highest BCUT2D eigenvalue weighted by Gasteiger charge is 2.29. The predicted octanol–water partition coefficient (Wildman–Crippen LogP) is 2.21. The van der Waals surface area contributed by atoms with E-state index >= 15 is 0 Å². The summed E-state index contributed by atoms with van der Waals surface area (Å²) in [5.74, 6) is 0.0415. The summed E-state index contributed by atoms with van der Waals surface area (Å²) in [6.07, 6.45) is 5.17. The van der Waals surface area contributed by atoms with E-state index in [1.807, 2.05) is 0 Å². The zero-order valence-electron chi connectivity index (χ0n) is 15.6. The minimum Gasteiger partial charge on any atom is -0.507 e. The number of amides is 1. The van der Waals surface area contributed by atoms with Gasteiger partial charge in [-0.3, -0.25) is 14.6 Å². The molecule has 1 aliphatic heterocycles. The number of nitrogens with zero attached hydrogens (tertiary/aromatic N) is 2. The second-order valence-corrected chi connectivity index (χ2v) is 6.74. The SMILES string of the molecule is O=Cc1c(O)cccc1OC[C@@H]1CCCCN1C(=O)c1cccnc1CCO. The molecule has 3 rings (SSSR count). The Morgan fingerprint density at radius 3 is 2.93 bits per heavy atom. The van der Waals surface area contributed by atoms with Crippen molar-refractivity contribution in [3.05, 3.63) is 53.3 Å². The number of carbonyl (C=O) groups is 2. The molecule has 28 heavy (non-hydrogen) atoms. The zero-order chi connectivity index (χ0) is 19.9. The van der Waals surface area contributed by atoms with Gasteiger partial charge >= 0.3 is 0 Å². The number of hydrogen-bond acceptors (Lipinski definition) is 6. The van der Waals surface area contributed by atoms with Crippen molar-refractivity contribution >= 4 is 12.2 Å². The number of hydrogen-bond donors (Lipinski definition) is 2. The number of phenols is 1. The molecule has 1 amide bonds. The largest absolute Gasteiger partial charge is 0.507 e. The van der Waals surface area contributed by atoms with Gasteiger partial charge in [0.2, 0.25) is 0 Å². The molecule has 1 aromatic heterocycles. The molecule has 2 N–H and O–H groups in total. The van der Waals surface area contributed by atoms with Crippen LogP contribution in [0.3, 0.4) is 0 Å². The highest BCUT2D eigenvalue weighted by Crippen LogP contribution is 2.27. The van der Waals surface area contributed by atoms with Gasteiger partial charge in [0.1, 0.15) is 18.1 Å². The number of ether oxygens (including phenoxy) is 1. The molecule has 1 aliphatic rings. The summed E-state index contributed by atoms with van der Waals surface area (Å²) in [5.41, 5.74) is 1.18. The number of aldehydes is 1. The van der Waals surface area contributed by atoms with Crippen LogP contribution >= 0.6 is 0 Å². The molecule has 7 nitrogen and oxygen atoms in total. The fourth-order valence-electron chi connectivity index (χ4n) is 3.50. The van der Waals surface area contributed by atoms with Gasteiger partial charge in [0.25, 0.3) is 5.91 Å². The van der Waals surface area contributed by atoms with E-state index in [0.29, 0.717) is 36.3 Å². The van der Waals surface area contributed by atoms with Gasteiger partial charge in [0.15, 0.2) is 6.29 Å². The highest BCUT2D eigenvalue weighted by molar-refractivity contribution is 5.95. The first-order valence-electron chi connectivity index (χ1n) is 9.41. The first-order valence-corrected chi connectivity index (χ1v) is 9.41. The van der Waals surface area contributed by atoms with Crippen LogP contribution in [-0.4, -0.2) is 58.1 Å². The number of benzene rings is 1. The number of carbonyl (C=O) groups excluding carboxylic acids is 2. The van der Waals surface area contributed by atoms with Gasteiger partial charge in [-0.1, -0.05) is 6.07 Å². The van der Waals surface area contributed by atoms with Crippen molar-refractivity contribution in [2.45, 2.75) is 31.7 Å². The first-order chi connectivity index (χ1) is 13.7. The van der Waals surface area contributed by atoms with E-state index in [9.17, 15) is 19.8 Å². The standard InChI is InChI=1S/C21H24N2O5/c24-12-9-18-16(6-4-10-22-18)21(27)23-11-2-1-5-15(23)14-28-20-8-3-7-19(26)17(20)13-25/h3-4,6-8,10,13,15,24,26H,1-2,5,9,11-12,14H2/t15-/m0/s1. The molecule has 1 atom stereocenters. The Bertz CT molecular complexity index is 839. The fourth-order valence-corrected chi connectivity index (χ4v) is 3.50. The maximum Gasteiger partial charge on any atom is 0.256 e. The third-order valence-electron chi connectivity index (χ3n) is 4.95. The average molecular weight is 384 g/mol. The Morgan fingerprint density at radius 2 is 2.14 bits per heavy atom. The van der Waals surface area contributed by atoms with Crippen LogP contribution in [0.1, 0.15) is 45.7 Å². The quantitative estimate of drug-likeness (QED) is 0.710. The molecular weight excluding hydrogens is 360 g/mol. The molecule has 2 aromatic rings. The minimum atomic E-state index is -0.148. The lowest BCUT2D eigenvalue weighted by Crippen LogP contribution is -2.47. The van der Waals surface area contributed by atoms with E-state index in [2.05, 4.69) is 4.98 Å². The third kappa shape index (κ3) is 4.31. The third-order valence-corrected chi connectivity index (χ3v) is 4.95. The fraction of sp³-hybridized carbons (Fsp3) is 0.381. The smallest absolute Gasteiger partial charge is 0.256 e. The second kappa shape index (κ2) is 9.32. The molecule has 148 valence electrons. The van der Waals surface area contributed by atoms with Gasteiger partial charge < -0.3 is 19.8 Å². The van der Waals surface area contributed by atoms with Crippen molar-refractivity contribution in [3.8, 4) is 11.5 Å². The number of rotatable bonds is 7. The van der Waals surface area contributed by atoms with E-state index in [0.717, 1.165) is 19.3 Å². The molecule has 0 bridgehead atoms. The number of phenolic OH excluding ortho intramolecular Hbond substituents is 1. The Labute approximate surface area is 163 Å². The normalized spacial score (nSPS) is 16.6. The van der Waals surface area contributed by atoms with Crippen molar-refractivity contribution in [3.63, 3.8) is 0 Å². The van der Waals surface area contributed by atoms with Crippen molar-refractivity contribution in [1.29, 1.82) is 0 Å². The Kier molecular flexibility index (Phi) is 6.60. The molecule has 0 unspecified atom stereocenters. The van der Waals surface area contributed by atoms with Gasteiger partial charge in [0.05, 0.1) is 22.9 Å². The number of aromatic nitrogens is 1. The molecule has 0 radical (unpaired) electrons. The van der Waals surface area contributed by atoms with E-state index in [1.165, 1.54) is 6.07 Å². The van der Waals surface area contributed by atoms with Crippen LogP contribution in [-0.2, 0) is 6.42 Å². The molecule has 2 heterocycles. The van der Waals surface area contributed by atoms with E-state index < -0.39 is 0 Å². The van der Waals surface area contributed by atoms with Crippen LogP contribution in [0.15, 0.2) is 36.5 Å². The lowest BCUT2D eigenvalue weighted by Gasteiger charge is -2.36. The molecule has 0 saturated carbocycles. The zero-order valence-corrected chi connectivity index (χ0v) is 15.6. The number of likely N-dealkylation sites (tertiary alicyclic amines) is 1. The van der Waals surface area contributed by atoms with Crippen molar-refractivity contribution in [2.75, 3.05) is 19.8 Å². The minimum absolute atomic E-state index is 0.0736. The molecular formula is C21H24N2O5. The molecule has 1 saturated heterocycles. The Hall–Kier alpha value is -2.93. The monoisotopic (exact) mass is 384 g/mol. The van der Waals surface area contributed by atoms with Crippen LogP contribution in [0.5, 0.6) is 11.5 Å². The summed E-state index contributed by atoms with van der Waals surface area (Å²) >= 11 is 0. The van der Waals surface area contributed by atoms with Crippen LogP contribution in [0, 0.1) is 0 Å². The summed E-state index contributed by atoms with van der Waals surface area (Å²) in [4.78, 5) is 30.4. The number of aromatic hydroxyl groups is 1. The topological polar surface area (TPSA) is 100.0 Å². The van der Waals surface area contributed by atoms with Gasteiger partial charge in [-0.25, -0.2) is 0 Å². The number of aliphatic hydroxyl groups is 1. The molecule has 0 spiro atoms. The van der Waals surface area contributed by atoms with Crippen molar-refractivity contribution in [1.82, 2.24) is 9.88 Å². The summed E-state index contributed by atoms with van der Waals surface area (Å²) < 4.78 is 5.80. The summed E-state index contributed by atoms with van der Waals surface area (Å²) in [5, 5.41) is 19.0. The summed E-state index contributed by atoms with van der Waals surface area (Å²) in [6, 6.07) is 7.96. The van der Waals surface area contributed by atoms with Crippen LogP contribution < -0.4 is 4.74 Å². The van der Waals surface area contributed by atoms with E-state index in [4.69, 9.17) is 4.74 Å². The van der Waals surface area contributed by atoms with Gasteiger partial charge in [-0.05, 0) is 43.5 Å². The van der Waals surface area contributed by atoms with Crippen LogP contribution in [0.2, 0.25) is 0 Å². The Balaban J connectivity index is 1.77. The molecule has 1 aromatic carbocycles. The van der Waals surface area contributed by atoms with Gasteiger partial charge in [-0.2, -0.15) is 0 Å². The van der Waals surface area contributed by atoms with E-state index in [-0.39, 0.29) is 36.5 Å². The summed E-state index contributed by atoms with van der Waals surface area (Å²) in [6.45, 7) is 0.766. The van der Waals surface area contributed by atoms with Gasteiger partial charge in [0, 0.05) is 25.8 Å². The maximum absolute atomic E-state index is 13.1. The van der Waals surface area contributed by atoms with Crippen LogP contribution in [0.25, 0.3) is 0 Å². The summed E-state index contributed by atoms with van der Waals surface area (Å²) in [7, 11) is 0. The molecule has 1 fully saturated rings. The lowest BCUT2D eigenvalue weighted by atomic mass is 10.0. The number of piperidine rings is 1. The van der Waals surface area contributed by atoms with Crippen molar-refractivity contribution < 1.29 is 24.5 Å². The Morgan fingerprint density at radius 1 is 1.29 bits per heavy atom. The second-order valence-electron chi connectivity index (χ2n) is 6.74. The van der Waals surface area contributed by atoms with Crippen LogP contribution in [0.4, 0.5) is 0 Å². The maximum atomic E-state index is 13.1. The van der Waals surface area contributed by atoms with E-state index in [1.54, 1.807) is 35.4 Å².